The van der Waals surface area contributed by atoms with Gasteiger partial charge in [-0.25, -0.2) is 12.7 Å². The van der Waals surface area contributed by atoms with Gasteiger partial charge >= 0.3 is 0 Å². The van der Waals surface area contributed by atoms with Crippen molar-refractivity contribution in [2.24, 2.45) is 0 Å². The van der Waals surface area contributed by atoms with E-state index in [-0.39, 0.29) is 16.9 Å². The van der Waals surface area contributed by atoms with Gasteiger partial charge in [-0.15, -0.1) is 0 Å². The van der Waals surface area contributed by atoms with Gasteiger partial charge in [0.2, 0.25) is 10.0 Å². The molecule has 11 heteroatoms. The van der Waals surface area contributed by atoms with E-state index >= 15 is 0 Å². The van der Waals surface area contributed by atoms with Gasteiger partial charge in [-0.05, 0) is 50.2 Å². The topological polar surface area (TPSA) is 112 Å². The second-order valence-corrected chi connectivity index (χ2v) is 10.1. The number of ether oxygens (including phenoxy) is 3. The number of benzene rings is 2. The van der Waals surface area contributed by atoms with E-state index < -0.39 is 10.0 Å². The van der Waals surface area contributed by atoms with Crippen LogP contribution in [0.5, 0.6) is 17.2 Å². The minimum absolute atomic E-state index is 0.145. The van der Waals surface area contributed by atoms with E-state index in [0.29, 0.717) is 41.8 Å². The number of nitrogens with zero attached hydrogens (tertiary/aromatic N) is 3. The number of hydrogen-bond acceptors (Lipinski definition) is 7. The van der Waals surface area contributed by atoms with Crippen LogP contribution in [-0.4, -0.2) is 62.3 Å². The second-order valence-electron chi connectivity index (χ2n) is 7.95. The summed E-state index contributed by atoms with van der Waals surface area (Å²) in [5, 5.41) is 7.04. The predicted octanol–water partition coefficient (Wildman–Crippen LogP) is 3.61. The lowest BCUT2D eigenvalue weighted by atomic mass is 10.2. The second kappa shape index (κ2) is 11.3. The maximum absolute atomic E-state index is 12.9. The van der Waals surface area contributed by atoms with Crippen molar-refractivity contribution in [1.29, 1.82) is 0 Å². The first-order valence-corrected chi connectivity index (χ1v) is 12.4. The Morgan fingerprint density at radius 2 is 1.77 bits per heavy atom. The Labute approximate surface area is 205 Å². The van der Waals surface area contributed by atoms with E-state index in [0.717, 1.165) is 4.31 Å². The third-order valence-electron chi connectivity index (χ3n) is 4.93. The van der Waals surface area contributed by atoms with Crippen molar-refractivity contribution in [3.63, 3.8) is 0 Å². The molecule has 10 nitrogen and oxygen atoms in total. The number of rotatable bonds is 11. The molecular formula is C24H30N4O6S. The fraction of sp³-hybridized carbons (Fsp3) is 0.333. The lowest BCUT2D eigenvalue weighted by Crippen LogP contribution is -2.22. The molecule has 0 bridgehead atoms. The molecule has 0 unspecified atom stereocenters. The van der Waals surface area contributed by atoms with Gasteiger partial charge in [-0.1, -0.05) is 0 Å². The van der Waals surface area contributed by atoms with Gasteiger partial charge in [0, 0.05) is 51.6 Å². The SMILES string of the molecule is CCn1ccc(NC(=O)c2cc(Oc3ccc(S(=O)(=O)N(C)C)cc3)cc(O[C@@H](C)COC)c2)n1. The molecule has 0 aliphatic heterocycles. The molecule has 1 heterocycles. The zero-order valence-corrected chi connectivity index (χ0v) is 21.2. The maximum Gasteiger partial charge on any atom is 0.257 e. The molecule has 0 saturated heterocycles. The maximum atomic E-state index is 12.9. The van der Waals surface area contributed by atoms with Crippen molar-refractivity contribution < 1.29 is 27.4 Å². The van der Waals surface area contributed by atoms with E-state index in [1.807, 2.05) is 13.8 Å². The third-order valence-corrected chi connectivity index (χ3v) is 6.75. The average Bonchev–Trinajstić information content (AvgIpc) is 3.27. The number of hydrogen-bond donors (Lipinski definition) is 1. The minimum Gasteiger partial charge on any atom is -0.488 e. The van der Waals surface area contributed by atoms with Crippen LogP contribution in [0, 0.1) is 0 Å². The van der Waals surface area contributed by atoms with Gasteiger partial charge in [-0.2, -0.15) is 5.10 Å². The summed E-state index contributed by atoms with van der Waals surface area (Å²) in [6, 6.07) is 12.6. The van der Waals surface area contributed by atoms with Crippen LogP contribution in [0.1, 0.15) is 24.2 Å². The number of aromatic nitrogens is 2. The van der Waals surface area contributed by atoms with Crippen molar-refractivity contribution >= 4 is 21.7 Å². The first kappa shape index (κ1) is 26.2. The summed E-state index contributed by atoms with van der Waals surface area (Å²) in [6.07, 6.45) is 1.51. The molecule has 1 N–H and O–H groups in total. The molecule has 1 amide bonds. The molecule has 0 aliphatic rings. The highest BCUT2D eigenvalue weighted by atomic mass is 32.2. The molecule has 188 valence electrons. The highest BCUT2D eigenvalue weighted by Crippen LogP contribution is 2.29. The number of carbonyl (C=O) groups excluding carboxylic acids is 1. The number of carbonyl (C=O) groups is 1. The Bertz CT molecular complexity index is 1260. The number of sulfonamides is 1. The fourth-order valence-corrected chi connectivity index (χ4v) is 4.05. The van der Waals surface area contributed by atoms with Crippen molar-refractivity contribution in [3.8, 4) is 17.2 Å². The first-order chi connectivity index (χ1) is 16.6. The van der Waals surface area contributed by atoms with Crippen LogP contribution in [0.4, 0.5) is 5.82 Å². The molecule has 1 aromatic heterocycles. The number of methoxy groups -OCH3 is 1. The Morgan fingerprint density at radius 3 is 2.37 bits per heavy atom. The van der Waals surface area contributed by atoms with Crippen molar-refractivity contribution in [2.75, 3.05) is 33.1 Å². The largest absolute Gasteiger partial charge is 0.488 e. The monoisotopic (exact) mass is 502 g/mol. The van der Waals surface area contributed by atoms with Crippen molar-refractivity contribution in [2.45, 2.75) is 31.4 Å². The van der Waals surface area contributed by atoms with Gasteiger partial charge < -0.3 is 19.5 Å². The summed E-state index contributed by atoms with van der Waals surface area (Å²) in [7, 11) is 0.957. The van der Waals surface area contributed by atoms with E-state index in [2.05, 4.69) is 10.4 Å². The Hall–Kier alpha value is -3.41. The van der Waals surface area contributed by atoms with E-state index in [1.165, 1.54) is 26.2 Å². The molecule has 3 aromatic rings. The molecule has 2 aromatic carbocycles. The zero-order chi connectivity index (χ0) is 25.6. The molecule has 0 fully saturated rings. The van der Waals surface area contributed by atoms with Gasteiger partial charge in [0.05, 0.1) is 11.5 Å². The Kier molecular flexibility index (Phi) is 8.49. The van der Waals surface area contributed by atoms with Crippen LogP contribution in [0.15, 0.2) is 59.6 Å². The molecule has 0 radical (unpaired) electrons. The molecule has 1 atom stereocenters. The highest BCUT2D eigenvalue weighted by molar-refractivity contribution is 7.89. The number of nitrogens with one attached hydrogen (secondary N) is 1. The number of anilines is 1. The van der Waals surface area contributed by atoms with Crippen molar-refractivity contribution in [3.05, 3.63) is 60.3 Å². The fourth-order valence-electron chi connectivity index (χ4n) is 3.15. The van der Waals surface area contributed by atoms with Crippen LogP contribution in [-0.2, 0) is 21.3 Å². The normalized spacial score (nSPS) is 12.4. The summed E-state index contributed by atoms with van der Waals surface area (Å²) in [5.74, 6) is 1.21. The summed E-state index contributed by atoms with van der Waals surface area (Å²) in [4.78, 5) is 13.1. The summed E-state index contributed by atoms with van der Waals surface area (Å²) in [6.45, 7) is 4.84. The van der Waals surface area contributed by atoms with E-state index in [4.69, 9.17) is 14.2 Å². The number of aryl methyl sites for hydroxylation is 1. The highest BCUT2D eigenvalue weighted by Gasteiger charge is 2.18. The van der Waals surface area contributed by atoms with Crippen LogP contribution < -0.4 is 14.8 Å². The van der Waals surface area contributed by atoms with Gasteiger partial charge in [0.25, 0.3) is 5.91 Å². The zero-order valence-electron chi connectivity index (χ0n) is 20.4. The number of amides is 1. The first-order valence-electron chi connectivity index (χ1n) is 11.0. The smallest absolute Gasteiger partial charge is 0.257 e. The standard InChI is InChI=1S/C24H30N4O6S/c1-6-28-12-11-23(26-28)25-24(29)18-13-20(33-17(2)16-32-5)15-21(14-18)34-19-7-9-22(10-8-19)35(30,31)27(3)4/h7-15,17H,6,16H2,1-5H3,(H,25,26,29)/t17-/m0/s1. The van der Waals surface area contributed by atoms with Crippen LogP contribution in [0.3, 0.4) is 0 Å². The lowest BCUT2D eigenvalue weighted by molar-refractivity contribution is 0.0915. The molecule has 0 aliphatic carbocycles. The minimum atomic E-state index is -3.55. The van der Waals surface area contributed by atoms with Gasteiger partial charge in [0.1, 0.15) is 23.4 Å². The summed E-state index contributed by atoms with van der Waals surface area (Å²) in [5.41, 5.74) is 0.306. The molecule has 35 heavy (non-hydrogen) atoms. The quantitative estimate of drug-likeness (QED) is 0.426. The Morgan fingerprint density at radius 1 is 1.09 bits per heavy atom. The molecular weight excluding hydrogens is 472 g/mol. The summed E-state index contributed by atoms with van der Waals surface area (Å²) < 4.78 is 44.4. The van der Waals surface area contributed by atoms with E-state index in [1.54, 1.807) is 54.4 Å². The van der Waals surface area contributed by atoms with Crippen molar-refractivity contribution in [1.82, 2.24) is 14.1 Å². The molecule has 0 saturated carbocycles. The van der Waals surface area contributed by atoms with Crippen LogP contribution >= 0.6 is 0 Å². The predicted molar refractivity (Wildman–Crippen MR) is 132 cm³/mol. The average molecular weight is 503 g/mol. The molecule has 0 spiro atoms. The van der Waals surface area contributed by atoms with Gasteiger partial charge in [0.15, 0.2) is 5.82 Å². The Balaban J connectivity index is 1.87. The summed E-state index contributed by atoms with van der Waals surface area (Å²) >= 11 is 0. The van der Waals surface area contributed by atoms with Crippen LogP contribution in [0.25, 0.3) is 0 Å². The third kappa shape index (κ3) is 6.81. The van der Waals surface area contributed by atoms with E-state index in [9.17, 15) is 13.2 Å². The molecule has 3 rings (SSSR count). The van der Waals surface area contributed by atoms with Gasteiger partial charge in [-0.3, -0.25) is 9.48 Å². The lowest BCUT2D eigenvalue weighted by Gasteiger charge is -2.16. The van der Waals surface area contributed by atoms with Crippen LogP contribution in [0.2, 0.25) is 0 Å².